The molecule has 6 nitrogen and oxygen atoms in total. The molecule has 1 aliphatic heterocycles. The van der Waals surface area contributed by atoms with Gasteiger partial charge in [0.25, 0.3) is 0 Å². The fourth-order valence-electron chi connectivity index (χ4n) is 1.83. The van der Waals surface area contributed by atoms with E-state index in [-0.39, 0.29) is 42.5 Å². The molecule has 1 aliphatic rings. The minimum absolute atomic E-state index is 0. The van der Waals surface area contributed by atoms with Crippen LogP contribution in [0.3, 0.4) is 0 Å². The second kappa shape index (κ2) is 9.35. The average molecular weight is 384 g/mol. The molecule has 19 heavy (non-hydrogen) atoms. The lowest BCUT2D eigenvalue weighted by molar-refractivity contribution is -0.127. The number of guanidine groups is 1. The van der Waals surface area contributed by atoms with Crippen molar-refractivity contribution < 1.29 is 9.53 Å². The average Bonchev–Trinajstić information content (AvgIpc) is 2.33. The zero-order chi connectivity index (χ0) is 13.5. The Kier molecular flexibility index (Phi) is 9.07. The van der Waals surface area contributed by atoms with Gasteiger partial charge in [0, 0.05) is 33.8 Å². The minimum atomic E-state index is 0. The molecular formula is C12H25IN4O2. The van der Waals surface area contributed by atoms with Gasteiger partial charge in [0.15, 0.2) is 5.96 Å². The first-order valence-corrected chi connectivity index (χ1v) is 6.32. The van der Waals surface area contributed by atoms with Crippen molar-refractivity contribution in [2.45, 2.75) is 31.9 Å². The Balaban J connectivity index is 0.00000324. The smallest absolute Gasteiger partial charge is 0.241 e. The molecule has 2 N–H and O–H groups in total. The lowest BCUT2D eigenvalue weighted by atomic mass is 10.0. The minimum Gasteiger partial charge on any atom is -0.378 e. The molecule has 1 saturated heterocycles. The van der Waals surface area contributed by atoms with Gasteiger partial charge in [-0.1, -0.05) is 0 Å². The zero-order valence-electron chi connectivity index (χ0n) is 12.1. The maximum Gasteiger partial charge on any atom is 0.241 e. The van der Waals surface area contributed by atoms with E-state index in [0.717, 1.165) is 19.4 Å². The largest absolute Gasteiger partial charge is 0.378 e. The van der Waals surface area contributed by atoms with Gasteiger partial charge in [0.2, 0.25) is 5.91 Å². The molecule has 0 radical (unpaired) electrons. The van der Waals surface area contributed by atoms with Crippen LogP contribution in [-0.2, 0) is 9.53 Å². The van der Waals surface area contributed by atoms with Gasteiger partial charge in [-0.3, -0.25) is 9.79 Å². The molecule has 0 saturated carbocycles. The van der Waals surface area contributed by atoms with Crippen LogP contribution < -0.4 is 10.6 Å². The Morgan fingerprint density at radius 3 is 2.68 bits per heavy atom. The van der Waals surface area contributed by atoms with Gasteiger partial charge in [0.1, 0.15) is 0 Å². The summed E-state index contributed by atoms with van der Waals surface area (Å²) in [6.07, 6.45) is 2.20. The van der Waals surface area contributed by atoms with Crippen LogP contribution in [0.2, 0.25) is 0 Å². The number of nitrogens with zero attached hydrogens (tertiary/aromatic N) is 2. The lowest BCUT2D eigenvalue weighted by Crippen LogP contribution is -2.49. The quantitative estimate of drug-likeness (QED) is 0.421. The van der Waals surface area contributed by atoms with E-state index >= 15 is 0 Å². The molecule has 2 atom stereocenters. The van der Waals surface area contributed by atoms with E-state index in [1.54, 1.807) is 26.0 Å². The highest BCUT2D eigenvalue weighted by Gasteiger charge is 2.20. The number of carbonyl (C=O) groups excluding carboxylic acids is 1. The van der Waals surface area contributed by atoms with Crippen molar-refractivity contribution in [2.75, 3.05) is 34.3 Å². The van der Waals surface area contributed by atoms with Crippen molar-refractivity contribution in [1.29, 1.82) is 0 Å². The molecule has 1 rings (SSSR count). The molecule has 112 valence electrons. The number of ether oxygens (including phenoxy) is 1. The topological polar surface area (TPSA) is 66.0 Å². The van der Waals surface area contributed by atoms with Gasteiger partial charge < -0.3 is 20.3 Å². The van der Waals surface area contributed by atoms with Gasteiger partial charge in [0.05, 0.1) is 12.6 Å². The number of aliphatic imine (C=N–C) groups is 1. The number of amides is 1. The fraction of sp³-hybridized carbons (Fsp3) is 0.833. The zero-order valence-corrected chi connectivity index (χ0v) is 14.4. The first kappa shape index (κ1) is 18.4. The van der Waals surface area contributed by atoms with Crippen molar-refractivity contribution in [3.8, 4) is 0 Å². The highest BCUT2D eigenvalue weighted by Crippen LogP contribution is 2.12. The van der Waals surface area contributed by atoms with Crippen LogP contribution in [0.15, 0.2) is 4.99 Å². The van der Waals surface area contributed by atoms with Crippen LogP contribution >= 0.6 is 24.0 Å². The first-order chi connectivity index (χ1) is 8.52. The molecule has 0 spiro atoms. The maximum absolute atomic E-state index is 11.5. The van der Waals surface area contributed by atoms with Crippen LogP contribution in [0.1, 0.15) is 19.8 Å². The van der Waals surface area contributed by atoms with Crippen LogP contribution in [-0.4, -0.2) is 63.2 Å². The molecule has 1 amide bonds. The van der Waals surface area contributed by atoms with Crippen LogP contribution in [0, 0.1) is 0 Å². The van der Waals surface area contributed by atoms with E-state index in [2.05, 4.69) is 22.5 Å². The Morgan fingerprint density at radius 2 is 2.16 bits per heavy atom. The molecule has 0 aromatic carbocycles. The lowest BCUT2D eigenvalue weighted by Gasteiger charge is -2.29. The van der Waals surface area contributed by atoms with Gasteiger partial charge in [-0.2, -0.15) is 0 Å². The third-order valence-electron chi connectivity index (χ3n) is 2.96. The predicted molar refractivity (Wildman–Crippen MR) is 87.0 cm³/mol. The number of hydrogen-bond donors (Lipinski definition) is 2. The van der Waals surface area contributed by atoms with E-state index < -0.39 is 0 Å². The molecule has 1 heterocycles. The summed E-state index contributed by atoms with van der Waals surface area (Å²) in [4.78, 5) is 17.1. The summed E-state index contributed by atoms with van der Waals surface area (Å²) in [5.74, 6) is 0.697. The Hall–Kier alpha value is -0.570. The second-order valence-electron chi connectivity index (χ2n) is 4.76. The highest BCUT2D eigenvalue weighted by atomic mass is 127. The van der Waals surface area contributed by atoms with E-state index in [1.807, 2.05) is 0 Å². The monoisotopic (exact) mass is 384 g/mol. The summed E-state index contributed by atoms with van der Waals surface area (Å²) in [6.45, 7) is 3.09. The summed E-state index contributed by atoms with van der Waals surface area (Å²) in [5, 5.41) is 6.34. The van der Waals surface area contributed by atoms with Crippen molar-refractivity contribution in [3.63, 3.8) is 0 Å². The van der Waals surface area contributed by atoms with E-state index in [9.17, 15) is 4.79 Å². The molecule has 2 unspecified atom stereocenters. The number of rotatable bonds is 3. The second-order valence-corrected chi connectivity index (χ2v) is 4.76. The molecule has 7 heteroatoms. The molecular weight excluding hydrogens is 359 g/mol. The van der Waals surface area contributed by atoms with Crippen LogP contribution in [0.4, 0.5) is 0 Å². The van der Waals surface area contributed by atoms with E-state index in [0.29, 0.717) is 12.0 Å². The van der Waals surface area contributed by atoms with Gasteiger partial charge in [-0.15, -0.1) is 24.0 Å². The summed E-state index contributed by atoms with van der Waals surface area (Å²) < 4.78 is 5.49. The highest BCUT2D eigenvalue weighted by molar-refractivity contribution is 14.0. The number of nitrogens with one attached hydrogen (secondary N) is 2. The summed E-state index contributed by atoms with van der Waals surface area (Å²) >= 11 is 0. The van der Waals surface area contributed by atoms with Gasteiger partial charge in [-0.05, 0) is 19.8 Å². The molecule has 0 aromatic rings. The number of likely N-dealkylation sites (N-methyl/N-ethyl adjacent to an activating group) is 1. The number of carbonyl (C=O) groups is 1. The van der Waals surface area contributed by atoms with E-state index in [4.69, 9.17) is 4.74 Å². The fourth-order valence-corrected chi connectivity index (χ4v) is 1.83. The Bertz CT molecular complexity index is 310. The summed E-state index contributed by atoms with van der Waals surface area (Å²) in [5.41, 5.74) is 0. The Labute approximate surface area is 132 Å². The van der Waals surface area contributed by atoms with Crippen molar-refractivity contribution in [2.24, 2.45) is 4.99 Å². The molecule has 1 fully saturated rings. The number of hydrogen-bond acceptors (Lipinski definition) is 3. The van der Waals surface area contributed by atoms with Crippen molar-refractivity contribution >= 4 is 35.8 Å². The van der Waals surface area contributed by atoms with Crippen LogP contribution in [0.25, 0.3) is 0 Å². The van der Waals surface area contributed by atoms with Gasteiger partial charge in [-0.25, -0.2) is 0 Å². The van der Waals surface area contributed by atoms with Gasteiger partial charge >= 0.3 is 0 Å². The van der Waals surface area contributed by atoms with E-state index in [1.165, 1.54) is 0 Å². The molecule has 0 aromatic heterocycles. The standard InChI is InChI=1S/C12H24N4O2.HI/c1-9-7-10(5-6-18-9)15-12(13-2)14-8-11(17)16(3)4;/h9-10H,5-8H2,1-4H3,(H2,13,14,15);1H. The summed E-state index contributed by atoms with van der Waals surface area (Å²) in [7, 11) is 5.18. The predicted octanol–water partition coefficient (Wildman–Crippen LogP) is 0.425. The number of halogens is 1. The van der Waals surface area contributed by atoms with Crippen molar-refractivity contribution in [3.05, 3.63) is 0 Å². The molecule has 0 aliphatic carbocycles. The summed E-state index contributed by atoms with van der Waals surface area (Å²) in [6, 6.07) is 0.356. The van der Waals surface area contributed by atoms with Crippen molar-refractivity contribution in [1.82, 2.24) is 15.5 Å². The normalized spacial score (nSPS) is 23.3. The first-order valence-electron chi connectivity index (χ1n) is 6.32. The maximum atomic E-state index is 11.5. The Morgan fingerprint density at radius 1 is 1.47 bits per heavy atom. The van der Waals surface area contributed by atoms with Crippen LogP contribution in [0.5, 0.6) is 0 Å². The third-order valence-corrected chi connectivity index (χ3v) is 2.96. The third kappa shape index (κ3) is 6.95. The SMILES string of the molecule is CN=C(NCC(=O)N(C)C)NC1CCOC(C)C1.I. The molecule has 0 bridgehead atoms.